The molecule has 0 saturated carbocycles. The Kier molecular flexibility index (Phi) is 6.76. The van der Waals surface area contributed by atoms with Crippen LogP contribution in [0.25, 0.3) is 0 Å². The number of hydrogen-bond donors (Lipinski definition) is 2. The number of ether oxygens (including phenoxy) is 1. The van der Waals surface area contributed by atoms with Crippen LogP contribution in [-0.4, -0.2) is 26.2 Å². The van der Waals surface area contributed by atoms with Crippen LogP contribution in [0.3, 0.4) is 0 Å². The van der Waals surface area contributed by atoms with E-state index < -0.39 is 0 Å². The topological polar surface area (TPSA) is 33.3 Å². The number of benzene rings is 1. The minimum atomic E-state index is 0.476. The molecule has 1 aromatic carbocycles. The van der Waals surface area contributed by atoms with Gasteiger partial charge in [-0.3, -0.25) is 0 Å². The van der Waals surface area contributed by atoms with Crippen LogP contribution < -0.4 is 15.4 Å². The van der Waals surface area contributed by atoms with Gasteiger partial charge in [0, 0.05) is 19.1 Å². The number of nitrogens with one attached hydrogen (secondary N) is 2. The van der Waals surface area contributed by atoms with Gasteiger partial charge in [-0.15, -0.1) is 0 Å². The largest absolute Gasteiger partial charge is 0.496 e. The van der Waals surface area contributed by atoms with E-state index in [1.165, 1.54) is 17.5 Å². The van der Waals surface area contributed by atoms with Crippen molar-refractivity contribution < 1.29 is 4.74 Å². The highest BCUT2D eigenvalue weighted by molar-refractivity contribution is 5.36. The first-order valence-corrected chi connectivity index (χ1v) is 6.75. The molecular formula is C15H26N2O. The van der Waals surface area contributed by atoms with E-state index in [1.807, 2.05) is 0 Å². The van der Waals surface area contributed by atoms with Crippen LogP contribution in [0.2, 0.25) is 0 Å². The van der Waals surface area contributed by atoms with Crippen LogP contribution >= 0.6 is 0 Å². The second kappa shape index (κ2) is 8.11. The van der Waals surface area contributed by atoms with Crippen LogP contribution in [0.5, 0.6) is 5.75 Å². The first-order valence-electron chi connectivity index (χ1n) is 6.75. The van der Waals surface area contributed by atoms with E-state index in [4.69, 9.17) is 4.74 Å². The highest BCUT2D eigenvalue weighted by Crippen LogP contribution is 2.18. The Morgan fingerprint density at radius 2 is 2.11 bits per heavy atom. The summed E-state index contributed by atoms with van der Waals surface area (Å²) in [4.78, 5) is 0. The summed E-state index contributed by atoms with van der Waals surface area (Å²) in [5.41, 5.74) is 2.44. The maximum Gasteiger partial charge on any atom is 0.122 e. The van der Waals surface area contributed by atoms with Gasteiger partial charge in [0.15, 0.2) is 0 Å². The monoisotopic (exact) mass is 250 g/mol. The third-order valence-corrected chi connectivity index (χ3v) is 3.00. The summed E-state index contributed by atoms with van der Waals surface area (Å²) < 4.78 is 5.33. The first-order chi connectivity index (χ1) is 8.67. The summed E-state index contributed by atoms with van der Waals surface area (Å²) in [6, 6.07) is 6.84. The van der Waals surface area contributed by atoms with Gasteiger partial charge in [-0.2, -0.15) is 0 Å². The van der Waals surface area contributed by atoms with Crippen molar-refractivity contribution in [1.29, 1.82) is 0 Å². The van der Waals surface area contributed by atoms with Crippen LogP contribution in [0.4, 0.5) is 0 Å². The van der Waals surface area contributed by atoms with Crippen LogP contribution in [0.1, 0.15) is 31.4 Å². The fraction of sp³-hybridized carbons (Fsp3) is 0.600. The Morgan fingerprint density at radius 1 is 1.33 bits per heavy atom. The Balaban J connectivity index is 2.38. The average molecular weight is 250 g/mol. The third kappa shape index (κ3) is 5.07. The molecule has 0 heterocycles. The summed E-state index contributed by atoms with van der Waals surface area (Å²) in [6.45, 7) is 9.43. The quantitative estimate of drug-likeness (QED) is 0.695. The summed E-state index contributed by atoms with van der Waals surface area (Å²) in [6.07, 6.45) is 1.18. The zero-order valence-electron chi connectivity index (χ0n) is 12.0. The third-order valence-electron chi connectivity index (χ3n) is 3.00. The molecule has 1 unspecified atom stereocenters. The molecule has 0 radical (unpaired) electrons. The van der Waals surface area contributed by atoms with Gasteiger partial charge in [0.2, 0.25) is 0 Å². The standard InChI is InChI=1S/C15H26N2O/c1-5-8-16-10-13(3)17-11-14-7-6-12(2)15(9-14)18-4/h6-7,9,13,16-17H,5,8,10-11H2,1-4H3. The van der Waals surface area contributed by atoms with Crippen LogP contribution in [0.15, 0.2) is 18.2 Å². The Labute approximate surface area is 111 Å². The van der Waals surface area contributed by atoms with Gasteiger partial charge in [-0.05, 0) is 44.0 Å². The molecule has 0 aromatic heterocycles. The maximum atomic E-state index is 5.33. The van der Waals surface area contributed by atoms with E-state index in [2.05, 4.69) is 49.6 Å². The second-order valence-electron chi connectivity index (χ2n) is 4.79. The van der Waals surface area contributed by atoms with Crippen molar-refractivity contribution in [2.24, 2.45) is 0 Å². The maximum absolute atomic E-state index is 5.33. The van der Waals surface area contributed by atoms with Crippen molar-refractivity contribution in [3.8, 4) is 5.75 Å². The van der Waals surface area contributed by atoms with Gasteiger partial charge in [0.05, 0.1) is 7.11 Å². The number of methoxy groups -OCH3 is 1. The molecule has 3 heteroatoms. The predicted octanol–water partition coefficient (Wildman–Crippen LogP) is 2.48. The lowest BCUT2D eigenvalue weighted by atomic mass is 10.1. The molecule has 1 rings (SSSR count). The van der Waals surface area contributed by atoms with E-state index in [-0.39, 0.29) is 0 Å². The van der Waals surface area contributed by atoms with E-state index >= 15 is 0 Å². The molecule has 0 aliphatic rings. The average Bonchev–Trinajstić information content (AvgIpc) is 2.38. The van der Waals surface area contributed by atoms with Crippen molar-refractivity contribution in [2.45, 2.75) is 39.8 Å². The lowest BCUT2D eigenvalue weighted by molar-refractivity contribution is 0.410. The molecular weight excluding hydrogens is 224 g/mol. The smallest absolute Gasteiger partial charge is 0.122 e. The second-order valence-corrected chi connectivity index (χ2v) is 4.79. The van der Waals surface area contributed by atoms with Gasteiger partial charge in [-0.25, -0.2) is 0 Å². The van der Waals surface area contributed by atoms with Crippen molar-refractivity contribution in [3.05, 3.63) is 29.3 Å². The van der Waals surface area contributed by atoms with Crippen LogP contribution in [-0.2, 0) is 6.54 Å². The lowest BCUT2D eigenvalue weighted by Gasteiger charge is -2.15. The zero-order chi connectivity index (χ0) is 13.4. The fourth-order valence-electron chi connectivity index (χ4n) is 1.83. The molecule has 0 amide bonds. The summed E-state index contributed by atoms with van der Waals surface area (Å²) in [5.74, 6) is 0.964. The molecule has 0 spiro atoms. The van der Waals surface area contributed by atoms with Gasteiger partial charge < -0.3 is 15.4 Å². The molecule has 0 aliphatic carbocycles. The summed E-state index contributed by atoms with van der Waals surface area (Å²) in [7, 11) is 1.72. The zero-order valence-corrected chi connectivity index (χ0v) is 12.0. The van der Waals surface area contributed by atoms with E-state index in [1.54, 1.807) is 7.11 Å². The Bertz CT molecular complexity index is 352. The van der Waals surface area contributed by atoms with Gasteiger partial charge in [0.1, 0.15) is 5.75 Å². The molecule has 102 valence electrons. The first kappa shape index (κ1) is 15.0. The van der Waals surface area contributed by atoms with Crippen molar-refractivity contribution in [2.75, 3.05) is 20.2 Å². The van der Waals surface area contributed by atoms with Gasteiger partial charge in [-0.1, -0.05) is 19.1 Å². The Morgan fingerprint density at radius 3 is 2.78 bits per heavy atom. The minimum absolute atomic E-state index is 0.476. The predicted molar refractivity (Wildman–Crippen MR) is 77.2 cm³/mol. The highest BCUT2D eigenvalue weighted by atomic mass is 16.5. The van der Waals surface area contributed by atoms with Crippen molar-refractivity contribution in [1.82, 2.24) is 10.6 Å². The number of hydrogen-bond acceptors (Lipinski definition) is 3. The SMILES string of the molecule is CCCNCC(C)NCc1ccc(C)c(OC)c1. The fourth-order valence-corrected chi connectivity index (χ4v) is 1.83. The van der Waals surface area contributed by atoms with Crippen molar-refractivity contribution >= 4 is 0 Å². The van der Waals surface area contributed by atoms with Gasteiger partial charge >= 0.3 is 0 Å². The minimum Gasteiger partial charge on any atom is -0.496 e. The summed E-state index contributed by atoms with van der Waals surface area (Å²) >= 11 is 0. The molecule has 18 heavy (non-hydrogen) atoms. The van der Waals surface area contributed by atoms with Gasteiger partial charge in [0.25, 0.3) is 0 Å². The molecule has 0 bridgehead atoms. The number of rotatable bonds is 8. The highest BCUT2D eigenvalue weighted by Gasteiger charge is 2.03. The van der Waals surface area contributed by atoms with E-state index in [0.29, 0.717) is 6.04 Å². The molecule has 0 fully saturated rings. The molecule has 3 nitrogen and oxygen atoms in total. The molecule has 2 N–H and O–H groups in total. The number of aryl methyl sites for hydroxylation is 1. The molecule has 1 atom stereocenters. The van der Waals surface area contributed by atoms with Crippen LogP contribution in [0, 0.1) is 6.92 Å². The van der Waals surface area contributed by atoms with E-state index in [0.717, 1.165) is 25.4 Å². The van der Waals surface area contributed by atoms with E-state index in [9.17, 15) is 0 Å². The Hall–Kier alpha value is -1.06. The molecule has 1 aromatic rings. The lowest BCUT2D eigenvalue weighted by Crippen LogP contribution is -2.36. The molecule has 0 aliphatic heterocycles. The normalized spacial score (nSPS) is 12.4. The summed E-state index contributed by atoms with van der Waals surface area (Å²) in [5, 5.41) is 6.93. The van der Waals surface area contributed by atoms with Crippen molar-refractivity contribution in [3.63, 3.8) is 0 Å². The molecule has 0 saturated heterocycles.